The summed E-state index contributed by atoms with van der Waals surface area (Å²) in [6.45, 7) is 2.40. The minimum atomic E-state index is -3.35. The fraction of sp³-hybridized carbons (Fsp3) is 1.00. The lowest BCUT2D eigenvalue weighted by molar-refractivity contribution is 0.182. The third-order valence-corrected chi connectivity index (χ3v) is 4.91. The third-order valence-electron chi connectivity index (χ3n) is 2.92. The van der Waals surface area contributed by atoms with Gasteiger partial charge in [-0.25, -0.2) is 0 Å². The van der Waals surface area contributed by atoms with E-state index in [1.165, 1.54) is 8.61 Å². The molecule has 96 valence electrons. The van der Waals surface area contributed by atoms with Crippen LogP contribution in [0.15, 0.2) is 0 Å². The number of ether oxygens (including phenoxy) is 1. The van der Waals surface area contributed by atoms with Crippen molar-refractivity contribution in [3.8, 4) is 0 Å². The smallest absolute Gasteiger partial charge is 0.281 e. The summed E-state index contributed by atoms with van der Waals surface area (Å²) in [5.41, 5.74) is 0. The highest BCUT2D eigenvalue weighted by Crippen LogP contribution is 2.13. The maximum Gasteiger partial charge on any atom is 0.281 e. The van der Waals surface area contributed by atoms with Gasteiger partial charge in [0.15, 0.2) is 0 Å². The van der Waals surface area contributed by atoms with Gasteiger partial charge in [-0.1, -0.05) is 0 Å². The van der Waals surface area contributed by atoms with Crippen molar-refractivity contribution < 1.29 is 13.2 Å². The monoisotopic (exact) mass is 251 g/mol. The average Bonchev–Trinajstić information content (AvgIpc) is 2.77. The summed E-state index contributed by atoms with van der Waals surface area (Å²) in [6.07, 6.45) is 0.869. The SMILES string of the molecule is COCCN(C)S(=O)(=O)N(C)C1CCNC1. The molecule has 1 aliphatic heterocycles. The fourth-order valence-electron chi connectivity index (χ4n) is 1.69. The maximum absolute atomic E-state index is 12.1. The Labute approximate surface area is 97.7 Å². The van der Waals surface area contributed by atoms with Crippen LogP contribution in [-0.2, 0) is 14.9 Å². The molecule has 7 heteroatoms. The summed E-state index contributed by atoms with van der Waals surface area (Å²) in [6, 6.07) is 0.0648. The van der Waals surface area contributed by atoms with Crippen LogP contribution in [-0.4, -0.2) is 70.5 Å². The van der Waals surface area contributed by atoms with E-state index in [-0.39, 0.29) is 6.04 Å². The first-order valence-electron chi connectivity index (χ1n) is 5.39. The van der Waals surface area contributed by atoms with Gasteiger partial charge in [0.05, 0.1) is 6.61 Å². The zero-order chi connectivity index (χ0) is 12.2. The Kier molecular flexibility index (Phi) is 5.13. The van der Waals surface area contributed by atoms with Crippen molar-refractivity contribution in [3.05, 3.63) is 0 Å². The van der Waals surface area contributed by atoms with Gasteiger partial charge in [-0.2, -0.15) is 17.0 Å². The highest BCUT2D eigenvalue weighted by atomic mass is 32.2. The molecule has 1 rings (SSSR count). The van der Waals surface area contributed by atoms with E-state index in [9.17, 15) is 8.42 Å². The van der Waals surface area contributed by atoms with E-state index < -0.39 is 10.2 Å². The minimum Gasteiger partial charge on any atom is -0.383 e. The van der Waals surface area contributed by atoms with Crippen molar-refractivity contribution in [2.24, 2.45) is 0 Å². The van der Waals surface area contributed by atoms with Crippen LogP contribution in [0.1, 0.15) is 6.42 Å². The number of rotatable bonds is 6. The lowest BCUT2D eigenvalue weighted by Crippen LogP contribution is -2.46. The Hall–Kier alpha value is -0.210. The summed E-state index contributed by atoms with van der Waals surface area (Å²) in [7, 11) is 1.42. The highest BCUT2D eigenvalue weighted by molar-refractivity contribution is 7.86. The van der Waals surface area contributed by atoms with Gasteiger partial charge < -0.3 is 10.1 Å². The molecule has 1 heterocycles. The van der Waals surface area contributed by atoms with Gasteiger partial charge in [0.25, 0.3) is 10.2 Å². The second kappa shape index (κ2) is 5.92. The molecule has 0 aromatic carbocycles. The first-order valence-corrected chi connectivity index (χ1v) is 6.78. The molecule has 1 aliphatic rings. The number of likely N-dealkylation sites (N-methyl/N-ethyl adjacent to an activating group) is 2. The molecule has 0 aromatic rings. The molecule has 0 saturated carbocycles. The van der Waals surface area contributed by atoms with Gasteiger partial charge in [0.1, 0.15) is 0 Å². The fourth-order valence-corrected chi connectivity index (χ4v) is 2.99. The minimum absolute atomic E-state index is 0.0648. The molecule has 1 unspecified atom stereocenters. The van der Waals surface area contributed by atoms with Crippen LogP contribution in [0.4, 0.5) is 0 Å². The molecule has 16 heavy (non-hydrogen) atoms. The summed E-state index contributed by atoms with van der Waals surface area (Å²) >= 11 is 0. The molecular formula is C9H21N3O3S. The molecule has 0 bridgehead atoms. The van der Waals surface area contributed by atoms with Gasteiger partial charge in [0, 0.05) is 40.3 Å². The van der Waals surface area contributed by atoms with Gasteiger partial charge in [0.2, 0.25) is 0 Å². The van der Waals surface area contributed by atoms with Gasteiger partial charge in [-0.15, -0.1) is 0 Å². The van der Waals surface area contributed by atoms with Crippen LogP contribution in [0.3, 0.4) is 0 Å². The van der Waals surface area contributed by atoms with Gasteiger partial charge >= 0.3 is 0 Å². The van der Waals surface area contributed by atoms with E-state index in [0.29, 0.717) is 13.2 Å². The highest BCUT2D eigenvalue weighted by Gasteiger charge is 2.31. The van der Waals surface area contributed by atoms with Crippen molar-refractivity contribution in [3.63, 3.8) is 0 Å². The van der Waals surface area contributed by atoms with Crippen molar-refractivity contribution >= 4 is 10.2 Å². The molecule has 1 atom stereocenters. The summed E-state index contributed by atoms with van der Waals surface area (Å²) in [5, 5.41) is 3.16. The van der Waals surface area contributed by atoms with Crippen LogP contribution in [0.25, 0.3) is 0 Å². The third kappa shape index (κ3) is 3.14. The largest absolute Gasteiger partial charge is 0.383 e. The van der Waals surface area contributed by atoms with E-state index in [4.69, 9.17) is 4.74 Å². The van der Waals surface area contributed by atoms with E-state index in [1.807, 2.05) is 0 Å². The molecule has 1 saturated heterocycles. The zero-order valence-corrected chi connectivity index (χ0v) is 11.0. The molecule has 0 aliphatic carbocycles. The van der Waals surface area contributed by atoms with E-state index in [1.54, 1.807) is 21.2 Å². The Morgan fingerprint density at radius 1 is 1.44 bits per heavy atom. The summed E-state index contributed by atoms with van der Waals surface area (Å²) in [5.74, 6) is 0. The van der Waals surface area contributed by atoms with Crippen molar-refractivity contribution in [2.45, 2.75) is 12.5 Å². The van der Waals surface area contributed by atoms with Crippen molar-refractivity contribution in [1.82, 2.24) is 13.9 Å². The first kappa shape index (κ1) is 13.9. The Morgan fingerprint density at radius 3 is 2.62 bits per heavy atom. The second-order valence-corrected chi connectivity index (χ2v) is 6.08. The number of nitrogens with one attached hydrogen (secondary N) is 1. The molecule has 1 fully saturated rings. The van der Waals surface area contributed by atoms with Gasteiger partial charge in [-0.3, -0.25) is 0 Å². The van der Waals surface area contributed by atoms with Crippen molar-refractivity contribution in [2.75, 3.05) is 47.4 Å². The van der Waals surface area contributed by atoms with E-state index in [2.05, 4.69) is 5.32 Å². The maximum atomic E-state index is 12.1. The molecule has 0 aromatic heterocycles. The predicted molar refractivity (Wildman–Crippen MR) is 62.5 cm³/mol. The molecule has 1 N–H and O–H groups in total. The molecular weight excluding hydrogens is 230 g/mol. The predicted octanol–water partition coefficient (Wildman–Crippen LogP) is -0.897. The number of methoxy groups -OCH3 is 1. The topological polar surface area (TPSA) is 61.9 Å². The van der Waals surface area contributed by atoms with Crippen LogP contribution in [0.2, 0.25) is 0 Å². The standard InChI is InChI=1S/C9H21N3O3S/c1-11(6-7-15-3)16(13,14)12(2)9-4-5-10-8-9/h9-10H,4-8H2,1-3H3. The van der Waals surface area contributed by atoms with Crippen LogP contribution >= 0.6 is 0 Å². The lowest BCUT2D eigenvalue weighted by Gasteiger charge is -2.28. The number of hydrogen-bond donors (Lipinski definition) is 1. The Morgan fingerprint density at radius 2 is 2.12 bits per heavy atom. The molecule has 0 radical (unpaired) electrons. The Bertz CT molecular complexity index is 301. The van der Waals surface area contributed by atoms with Crippen molar-refractivity contribution in [1.29, 1.82) is 0 Å². The average molecular weight is 251 g/mol. The van der Waals surface area contributed by atoms with E-state index in [0.717, 1.165) is 19.5 Å². The molecule has 0 amide bonds. The summed E-state index contributed by atoms with van der Waals surface area (Å²) < 4.78 is 31.8. The normalized spacial score (nSPS) is 22.2. The second-order valence-electron chi connectivity index (χ2n) is 3.98. The molecule has 0 spiro atoms. The van der Waals surface area contributed by atoms with E-state index >= 15 is 0 Å². The molecule has 6 nitrogen and oxygen atoms in total. The number of nitrogens with zero attached hydrogens (tertiary/aromatic N) is 2. The summed E-state index contributed by atoms with van der Waals surface area (Å²) in [4.78, 5) is 0. The first-order chi connectivity index (χ1) is 7.50. The van der Waals surface area contributed by atoms with Crippen LogP contribution in [0.5, 0.6) is 0 Å². The van der Waals surface area contributed by atoms with Crippen LogP contribution < -0.4 is 5.32 Å². The number of hydrogen-bond acceptors (Lipinski definition) is 4. The zero-order valence-electron chi connectivity index (χ0n) is 10.1. The Balaban J connectivity index is 2.60. The lowest BCUT2D eigenvalue weighted by atomic mass is 10.3. The quantitative estimate of drug-likeness (QED) is 0.665. The van der Waals surface area contributed by atoms with Gasteiger partial charge in [-0.05, 0) is 13.0 Å². The van der Waals surface area contributed by atoms with Crippen LogP contribution in [0, 0.1) is 0 Å².